The maximum atomic E-state index is 5.79. The van der Waals surface area contributed by atoms with Crippen molar-refractivity contribution in [3.05, 3.63) is 58.0 Å². The van der Waals surface area contributed by atoms with Gasteiger partial charge >= 0.3 is 0 Å². The highest BCUT2D eigenvalue weighted by molar-refractivity contribution is 5.41. The van der Waals surface area contributed by atoms with Gasteiger partial charge in [0, 0.05) is 5.56 Å². The zero-order valence-corrected chi connectivity index (χ0v) is 14.1. The Morgan fingerprint density at radius 3 is 2.00 bits per heavy atom. The molecule has 0 saturated heterocycles. The van der Waals surface area contributed by atoms with Gasteiger partial charge in [-0.15, -0.1) is 0 Å². The van der Waals surface area contributed by atoms with Crippen LogP contribution < -0.4 is 5.32 Å². The fraction of sp³-hybridized carbons (Fsp3) is 0.474. The first-order valence-corrected chi connectivity index (χ1v) is 7.83. The van der Waals surface area contributed by atoms with Crippen molar-refractivity contribution in [3.63, 3.8) is 0 Å². The van der Waals surface area contributed by atoms with Crippen molar-refractivity contribution < 1.29 is 4.42 Å². The Kier molecular flexibility index (Phi) is 4.89. The van der Waals surface area contributed by atoms with Crippen LogP contribution in [0.2, 0.25) is 0 Å². The summed E-state index contributed by atoms with van der Waals surface area (Å²) in [6.45, 7) is 10.7. The lowest BCUT2D eigenvalue weighted by atomic mass is 9.92. The molecule has 2 aromatic rings. The topological polar surface area (TPSA) is 25.2 Å². The fourth-order valence-electron chi connectivity index (χ4n) is 2.96. The van der Waals surface area contributed by atoms with E-state index in [0.29, 0.717) is 5.92 Å². The van der Waals surface area contributed by atoms with Gasteiger partial charge in [-0.05, 0) is 56.8 Å². The summed E-state index contributed by atoms with van der Waals surface area (Å²) < 4.78 is 5.79. The molecule has 1 N–H and O–H groups in total. The maximum Gasteiger partial charge on any atom is 0.106 e. The highest BCUT2D eigenvalue weighted by Crippen LogP contribution is 2.32. The molecule has 2 unspecified atom stereocenters. The number of aryl methyl sites for hydroxylation is 2. The summed E-state index contributed by atoms with van der Waals surface area (Å²) in [7, 11) is 2.01. The van der Waals surface area contributed by atoms with E-state index >= 15 is 0 Å². The summed E-state index contributed by atoms with van der Waals surface area (Å²) in [5.74, 6) is 2.64. The summed E-state index contributed by atoms with van der Waals surface area (Å²) in [5.41, 5.74) is 5.22. The Labute approximate surface area is 128 Å². The van der Waals surface area contributed by atoms with Crippen LogP contribution in [0.3, 0.4) is 0 Å². The number of rotatable bonds is 5. The predicted molar refractivity (Wildman–Crippen MR) is 89.0 cm³/mol. The third-order valence-electron chi connectivity index (χ3n) is 4.65. The first-order valence-electron chi connectivity index (χ1n) is 7.83. The van der Waals surface area contributed by atoms with Crippen LogP contribution in [0.4, 0.5) is 0 Å². The molecular formula is C19H27NO. The molecular weight excluding hydrogens is 258 g/mol. The Morgan fingerprint density at radius 1 is 1.00 bits per heavy atom. The van der Waals surface area contributed by atoms with Gasteiger partial charge in [-0.3, -0.25) is 0 Å². The summed E-state index contributed by atoms with van der Waals surface area (Å²) >= 11 is 0. The van der Waals surface area contributed by atoms with Crippen LogP contribution in [0.25, 0.3) is 0 Å². The second kappa shape index (κ2) is 6.48. The molecule has 1 heterocycles. The van der Waals surface area contributed by atoms with Crippen LogP contribution in [0.5, 0.6) is 0 Å². The van der Waals surface area contributed by atoms with E-state index in [1.807, 2.05) is 20.9 Å². The number of hydrogen-bond acceptors (Lipinski definition) is 2. The minimum atomic E-state index is 0.188. The molecule has 1 aromatic heterocycles. The molecule has 0 radical (unpaired) electrons. The zero-order chi connectivity index (χ0) is 15.6. The van der Waals surface area contributed by atoms with Gasteiger partial charge < -0.3 is 9.73 Å². The average Bonchev–Trinajstić information content (AvgIpc) is 2.74. The van der Waals surface area contributed by atoms with Gasteiger partial charge in [-0.25, -0.2) is 0 Å². The highest BCUT2D eigenvalue weighted by Gasteiger charge is 2.21. The lowest BCUT2D eigenvalue weighted by molar-refractivity contribution is 0.495. The fourth-order valence-corrected chi connectivity index (χ4v) is 2.96. The molecule has 114 valence electrons. The van der Waals surface area contributed by atoms with Gasteiger partial charge in [-0.1, -0.05) is 38.1 Å². The van der Waals surface area contributed by atoms with E-state index in [1.165, 1.54) is 28.7 Å². The van der Waals surface area contributed by atoms with Gasteiger partial charge in [-0.2, -0.15) is 0 Å². The first kappa shape index (κ1) is 15.8. The van der Waals surface area contributed by atoms with Crippen molar-refractivity contribution in [2.24, 2.45) is 0 Å². The van der Waals surface area contributed by atoms with E-state index < -0.39 is 0 Å². The summed E-state index contributed by atoms with van der Waals surface area (Å²) in [6, 6.07) is 9.18. The molecule has 0 bridgehead atoms. The van der Waals surface area contributed by atoms with Crippen LogP contribution >= 0.6 is 0 Å². The monoisotopic (exact) mass is 285 g/mol. The molecule has 0 spiro atoms. The molecule has 2 heteroatoms. The quantitative estimate of drug-likeness (QED) is 0.833. The largest absolute Gasteiger partial charge is 0.466 e. The summed E-state index contributed by atoms with van der Waals surface area (Å²) in [5, 5.41) is 3.43. The standard InChI is InChI=1S/C19H27NO/c1-7-12(2)16-8-10-17(11-9-16)19(20-6)18-13(3)14(4)21-15(18)5/h8-12,19-20H,7H2,1-6H3. The summed E-state index contributed by atoms with van der Waals surface area (Å²) in [6.07, 6.45) is 1.17. The van der Waals surface area contributed by atoms with Crippen molar-refractivity contribution in [3.8, 4) is 0 Å². The van der Waals surface area contributed by atoms with Gasteiger partial charge in [0.05, 0.1) is 6.04 Å². The van der Waals surface area contributed by atoms with Crippen LogP contribution in [0, 0.1) is 20.8 Å². The van der Waals surface area contributed by atoms with Crippen LogP contribution in [0.1, 0.15) is 66.0 Å². The van der Waals surface area contributed by atoms with Crippen LogP contribution in [0.15, 0.2) is 28.7 Å². The Bertz CT molecular complexity index is 595. The minimum absolute atomic E-state index is 0.188. The Morgan fingerprint density at radius 2 is 1.57 bits per heavy atom. The predicted octanol–water partition coefficient (Wildman–Crippen LogP) is 5.03. The second-order valence-corrected chi connectivity index (χ2v) is 5.95. The van der Waals surface area contributed by atoms with E-state index in [-0.39, 0.29) is 6.04 Å². The van der Waals surface area contributed by atoms with Crippen molar-refractivity contribution >= 4 is 0 Å². The van der Waals surface area contributed by atoms with Crippen LogP contribution in [-0.2, 0) is 0 Å². The lowest BCUT2D eigenvalue weighted by Gasteiger charge is -2.19. The van der Waals surface area contributed by atoms with E-state index in [1.54, 1.807) is 0 Å². The van der Waals surface area contributed by atoms with E-state index in [4.69, 9.17) is 4.42 Å². The molecule has 0 aliphatic rings. The van der Waals surface area contributed by atoms with Gasteiger partial charge in [0.15, 0.2) is 0 Å². The third-order valence-corrected chi connectivity index (χ3v) is 4.65. The van der Waals surface area contributed by atoms with E-state index in [0.717, 1.165) is 11.5 Å². The Balaban J connectivity index is 2.38. The molecule has 0 amide bonds. The molecule has 2 nitrogen and oxygen atoms in total. The molecule has 21 heavy (non-hydrogen) atoms. The number of nitrogens with one attached hydrogen (secondary N) is 1. The average molecular weight is 285 g/mol. The Hall–Kier alpha value is -1.54. The third kappa shape index (κ3) is 3.06. The van der Waals surface area contributed by atoms with E-state index in [9.17, 15) is 0 Å². The molecule has 0 aliphatic heterocycles. The van der Waals surface area contributed by atoms with Crippen molar-refractivity contribution in [1.29, 1.82) is 0 Å². The van der Waals surface area contributed by atoms with Crippen LogP contribution in [-0.4, -0.2) is 7.05 Å². The number of furan rings is 1. The van der Waals surface area contributed by atoms with Crippen molar-refractivity contribution in [2.75, 3.05) is 7.05 Å². The van der Waals surface area contributed by atoms with Gasteiger partial charge in [0.2, 0.25) is 0 Å². The minimum Gasteiger partial charge on any atom is -0.466 e. The number of hydrogen-bond donors (Lipinski definition) is 1. The maximum absolute atomic E-state index is 5.79. The smallest absolute Gasteiger partial charge is 0.106 e. The molecule has 0 fully saturated rings. The first-order chi connectivity index (χ1) is 9.99. The molecule has 2 atom stereocenters. The molecule has 0 aliphatic carbocycles. The van der Waals surface area contributed by atoms with Crippen molar-refractivity contribution in [2.45, 2.75) is 53.0 Å². The number of benzene rings is 1. The summed E-state index contributed by atoms with van der Waals surface area (Å²) in [4.78, 5) is 0. The zero-order valence-electron chi connectivity index (χ0n) is 14.1. The normalized spacial score (nSPS) is 14.2. The molecule has 2 rings (SSSR count). The van der Waals surface area contributed by atoms with Gasteiger partial charge in [0.25, 0.3) is 0 Å². The molecule has 0 saturated carbocycles. The highest BCUT2D eigenvalue weighted by atomic mass is 16.3. The second-order valence-electron chi connectivity index (χ2n) is 5.95. The lowest BCUT2D eigenvalue weighted by Crippen LogP contribution is -2.19. The van der Waals surface area contributed by atoms with Crippen molar-refractivity contribution in [1.82, 2.24) is 5.32 Å². The van der Waals surface area contributed by atoms with E-state index in [2.05, 4.69) is 50.4 Å². The molecule has 1 aromatic carbocycles. The van der Waals surface area contributed by atoms with Gasteiger partial charge in [0.1, 0.15) is 11.5 Å². The SMILES string of the molecule is CCC(C)c1ccc(C(NC)c2c(C)oc(C)c2C)cc1.